The zero-order chi connectivity index (χ0) is 29.1. The molecule has 0 aliphatic carbocycles. The Hall–Kier alpha value is -4.52. The molecule has 7 nitrogen and oxygen atoms in total. The molecule has 2 heterocycles. The first-order valence-corrected chi connectivity index (χ1v) is 14.0. The summed E-state index contributed by atoms with van der Waals surface area (Å²) < 4.78 is 6.18. The first kappa shape index (κ1) is 28.0. The van der Waals surface area contributed by atoms with E-state index in [4.69, 9.17) is 0 Å². The van der Waals surface area contributed by atoms with E-state index in [-0.39, 0.29) is 11.3 Å². The number of amides is 1. The molecule has 0 aromatic heterocycles. The largest absolute Gasteiger partial charge is 0.537 e. The molecule has 1 saturated heterocycles. The van der Waals surface area contributed by atoms with Crippen molar-refractivity contribution in [2.75, 3.05) is 38.5 Å². The normalized spacial score (nSPS) is 15.0. The first-order valence-electron chi connectivity index (χ1n) is 14.0. The van der Waals surface area contributed by atoms with Crippen LogP contribution >= 0.6 is 0 Å². The number of carbonyl (C=O) groups excluding carboxylic acids is 1. The fourth-order valence-corrected chi connectivity index (χ4v) is 5.17. The van der Waals surface area contributed by atoms with E-state index in [1.54, 1.807) is 29.1 Å². The van der Waals surface area contributed by atoms with Gasteiger partial charge in [0.25, 0.3) is 5.91 Å². The average molecular weight is 545 g/mol. The molecule has 3 aromatic carbocycles. The second-order valence-corrected chi connectivity index (χ2v) is 11.9. The van der Waals surface area contributed by atoms with E-state index >= 15 is 0 Å². The quantitative estimate of drug-likeness (QED) is 0.311. The van der Waals surface area contributed by atoms with Crippen LogP contribution in [0.1, 0.15) is 58.9 Å². The molecule has 41 heavy (non-hydrogen) atoms. The lowest BCUT2D eigenvalue weighted by atomic mass is 9.83. The minimum Gasteiger partial charge on any atom is -0.322 e. The van der Waals surface area contributed by atoms with Gasteiger partial charge >= 0.3 is 17.1 Å². The molecule has 1 fully saturated rings. The predicted octanol–water partition coefficient (Wildman–Crippen LogP) is 2.39. The highest BCUT2D eigenvalue weighted by molar-refractivity contribution is 6.04. The molecule has 1 N–H and O–H groups in total. The number of benzene rings is 3. The van der Waals surface area contributed by atoms with Gasteiger partial charge in [0.1, 0.15) is 0 Å². The van der Waals surface area contributed by atoms with Gasteiger partial charge in [-0.1, -0.05) is 32.9 Å². The summed E-state index contributed by atoms with van der Waals surface area (Å²) in [4.78, 5) is 18.2. The number of nitrogens with one attached hydrogen (secondary N) is 1. The SMILES string of the molecule is Cc1ccc2c(c1)=[N+]=C[N+]=2C#Cc1cc(C#N)cc(C(=O)Nc2ccc(CN3CCN(C)CC3)c(C(C)(C)C)c2)c1. The standard InChI is InChI=1S/C34H35N6O/c1-24-6-9-32-31(16-24)36-23-40(32)11-10-25-17-26(21-35)19-28(18-25)33(41)37-29-8-7-27(30(20-29)34(2,3)4)22-39-14-12-38(5)13-15-39/h6-9,16-20,23H,12-15,22H2,1-5H3/q+1/p+1. The van der Waals surface area contributed by atoms with E-state index in [9.17, 15) is 10.1 Å². The second-order valence-electron chi connectivity index (χ2n) is 11.9. The molecule has 7 heteroatoms. The predicted molar refractivity (Wildman–Crippen MR) is 163 cm³/mol. The first-order chi connectivity index (χ1) is 19.6. The van der Waals surface area contributed by atoms with Crippen LogP contribution in [-0.2, 0) is 12.0 Å². The number of hydrogen-bond donors (Lipinski definition) is 1. The lowest BCUT2D eigenvalue weighted by Crippen LogP contribution is -2.44. The summed E-state index contributed by atoms with van der Waals surface area (Å²) in [5.41, 5.74) is 5.64. The van der Waals surface area contributed by atoms with Gasteiger partial charge in [0.2, 0.25) is 6.04 Å². The molecule has 206 valence electrons. The van der Waals surface area contributed by atoms with Crippen molar-refractivity contribution < 1.29 is 4.79 Å². The number of nitrogens with zero attached hydrogens (tertiary/aromatic N) is 5. The topological polar surface area (TPSA) is 76.5 Å². The molecule has 0 spiro atoms. The minimum absolute atomic E-state index is 0.0810. The number of nitriles is 1. The third-order valence-corrected chi connectivity index (χ3v) is 7.51. The molecule has 0 saturated carbocycles. The molecule has 0 radical (unpaired) electrons. The van der Waals surface area contributed by atoms with Crippen LogP contribution in [0, 0.1) is 30.2 Å². The van der Waals surface area contributed by atoms with Crippen LogP contribution in [-0.4, -0.2) is 55.3 Å². The summed E-state index contributed by atoms with van der Waals surface area (Å²) in [6.07, 6.45) is 1.68. The van der Waals surface area contributed by atoms with Crippen molar-refractivity contribution in [1.82, 2.24) is 19.0 Å². The summed E-state index contributed by atoms with van der Waals surface area (Å²) in [6.45, 7) is 13.8. The highest BCUT2D eigenvalue weighted by Crippen LogP contribution is 2.30. The number of fused-ring (bicyclic) bond motifs is 1. The third-order valence-electron chi connectivity index (χ3n) is 7.51. The van der Waals surface area contributed by atoms with Crippen LogP contribution in [0.2, 0.25) is 0 Å². The number of anilines is 1. The van der Waals surface area contributed by atoms with E-state index < -0.39 is 0 Å². The Kier molecular flexibility index (Phi) is 7.88. The van der Waals surface area contributed by atoms with E-state index in [0.29, 0.717) is 16.7 Å². The molecule has 2 aliphatic rings. The molecule has 1 amide bonds. The maximum atomic E-state index is 13.4. The maximum Gasteiger partial charge on any atom is 0.537 e. The van der Waals surface area contributed by atoms with Crippen molar-refractivity contribution in [3.05, 3.63) is 98.7 Å². The second kappa shape index (κ2) is 11.5. The fourth-order valence-electron chi connectivity index (χ4n) is 5.17. The summed E-state index contributed by atoms with van der Waals surface area (Å²) in [7, 11) is 2.17. The number of rotatable bonds is 4. The van der Waals surface area contributed by atoms with Crippen molar-refractivity contribution in [2.24, 2.45) is 0 Å². The third kappa shape index (κ3) is 6.62. The molecule has 0 bridgehead atoms. The summed E-state index contributed by atoms with van der Waals surface area (Å²) >= 11 is 0. The van der Waals surface area contributed by atoms with Gasteiger partial charge in [-0.05, 0) is 75.7 Å². The number of likely N-dealkylation sites (N-methyl/N-ethyl adjacent to an activating group) is 1. The van der Waals surface area contributed by atoms with Crippen molar-refractivity contribution in [3.8, 4) is 18.0 Å². The van der Waals surface area contributed by atoms with E-state index in [2.05, 4.69) is 77.8 Å². The van der Waals surface area contributed by atoms with Crippen LogP contribution in [0.4, 0.5) is 5.69 Å². The monoisotopic (exact) mass is 544 g/mol. The lowest BCUT2D eigenvalue weighted by Gasteiger charge is -2.34. The molecule has 3 aromatic rings. The van der Waals surface area contributed by atoms with Crippen molar-refractivity contribution in [1.29, 1.82) is 5.26 Å². The van der Waals surface area contributed by atoms with Gasteiger partial charge < -0.3 is 10.2 Å². The summed E-state index contributed by atoms with van der Waals surface area (Å²) in [5, 5.41) is 14.5. The highest BCUT2D eigenvalue weighted by Gasteiger charge is 2.22. The van der Waals surface area contributed by atoms with Gasteiger partial charge in [-0.15, -0.1) is 0 Å². The fraction of sp³-hybridized carbons (Fsp3) is 0.324. The summed E-state index contributed by atoms with van der Waals surface area (Å²) in [6, 6.07) is 22.5. The molecular formula is C34H36N6O+2. The molecular weight excluding hydrogens is 508 g/mol. The van der Waals surface area contributed by atoms with E-state index in [1.807, 2.05) is 31.2 Å². The molecule has 5 rings (SSSR count). The lowest BCUT2D eigenvalue weighted by molar-refractivity contribution is 0.102. The minimum atomic E-state index is -0.277. The smallest absolute Gasteiger partial charge is 0.322 e. The van der Waals surface area contributed by atoms with Crippen LogP contribution in [0.15, 0.2) is 54.6 Å². The van der Waals surface area contributed by atoms with Gasteiger partial charge in [0.15, 0.2) is 0 Å². The van der Waals surface area contributed by atoms with Gasteiger partial charge in [-0.25, -0.2) is 0 Å². The number of piperazine rings is 1. The number of carbonyl (C=O) groups is 1. The van der Waals surface area contributed by atoms with Crippen LogP contribution in [0.3, 0.4) is 0 Å². The Morgan fingerprint density at radius 2 is 1.78 bits per heavy atom. The van der Waals surface area contributed by atoms with Crippen molar-refractivity contribution in [2.45, 2.75) is 39.7 Å². The summed E-state index contributed by atoms with van der Waals surface area (Å²) in [5.74, 6) is 2.82. The van der Waals surface area contributed by atoms with Crippen LogP contribution < -0.4 is 25.3 Å². The van der Waals surface area contributed by atoms with Gasteiger partial charge in [0, 0.05) is 67.6 Å². The Morgan fingerprint density at radius 1 is 1.02 bits per heavy atom. The van der Waals surface area contributed by atoms with Gasteiger partial charge in [-0.2, -0.15) is 5.26 Å². The van der Waals surface area contributed by atoms with E-state index in [1.165, 1.54) is 11.1 Å². The van der Waals surface area contributed by atoms with Crippen molar-refractivity contribution >= 4 is 17.9 Å². The molecule has 0 unspecified atom stereocenters. The van der Waals surface area contributed by atoms with Crippen LogP contribution in [0.25, 0.3) is 0 Å². The van der Waals surface area contributed by atoms with Crippen LogP contribution in [0.5, 0.6) is 0 Å². The number of hydrogen-bond acceptors (Lipinski definition) is 4. The Bertz CT molecular complexity index is 1780. The molecule has 2 aliphatic heterocycles. The Balaban J connectivity index is 1.38. The molecule has 0 atom stereocenters. The van der Waals surface area contributed by atoms with Crippen molar-refractivity contribution in [3.63, 3.8) is 0 Å². The van der Waals surface area contributed by atoms with Gasteiger partial charge in [0.05, 0.1) is 11.6 Å². The highest BCUT2D eigenvalue weighted by atomic mass is 16.1. The Morgan fingerprint density at radius 3 is 2.51 bits per heavy atom. The maximum absolute atomic E-state index is 13.4. The zero-order valence-electron chi connectivity index (χ0n) is 24.5. The van der Waals surface area contributed by atoms with Gasteiger partial charge in [-0.3, -0.25) is 9.69 Å². The average Bonchev–Trinajstić information content (AvgIpc) is 3.35. The van der Waals surface area contributed by atoms with E-state index in [0.717, 1.165) is 54.7 Å². The number of aryl methyl sites for hydroxylation is 1. The zero-order valence-corrected chi connectivity index (χ0v) is 24.5. The Labute approximate surface area is 241 Å².